The number of allylic oxidation sites excluding steroid dienone is 2. The van der Waals surface area contributed by atoms with Crippen molar-refractivity contribution in [3.63, 3.8) is 0 Å². The number of carbonyl (C=O) groups excluding carboxylic acids is 1. The Balaban J connectivity index is 2.03. The molecule has 1 aliphatic carbocycles. The first-order valence-corrected chi connectivity index (χ1v) is 10.2. The van der Waals surface area contributed by atoms with Gasteiger partial charge in [0.1, 0.15) is 0 Å². The molecule has 2 N–H and O–H groups in total. The maximum atomic E-state index is 13.2. The van der Waals surface area contributed by atoms with Gasteiger partial charge < -0.3 is 10.6 Å². The van der Waals surface area contributed by atoms with Crippen molar-refractivity contribution >= 4 is 23.4 Å². The van der Waals surface area contributed by atoms with Crippen LogP contribution in [0, 0.1) is 16.7 Å². The highest BCUT2D eigenvalue weighted by Crippen LogP contribution is 2.52. The molecule has 1 fully saturated rings. The lowest BCUT2D eigenvalue weighted by molar-refractivity contribution is -0.114. The number of carbonyl (C=O) groups is 1. The number of thioether (sulfide) groups is 1. The average molecular weight is 368 g/mol. The average Bonchev–Trinajstić information content (AvgIpc) is 2.63. The van der Waals surface area contributed by atoms with Crippen LogP contribution in [0.25, 0.3) is 0 Å². The molecule has 0 atom stereocenters. The second-order valence-electron chi connectivity index (χ2n) is 6.84. The predicted molar refractivity (Wildman–Crippen MR) is 107 cm³/mol. The molecule has 0 saturated heterocycles. The molecule has 136 valence electrons. The van der Waals surface area contributed by atoms with Crippen molar-refractivity contribution in [2.45, 2.75) is 46.0 Å². The number of benzene rings is 1. The molecule has 1 aliphatic heterocycles. The van der Waals surface area contributed by atoms with Crippen LogP contribution in [-0.4, -0.2) is 11.7 Å². The molecule has 0 radical (unpaired) electrons. The summed E-state index contributed by atoms with van der Waals surface area (Å²) in [4.78, 5) is 13.2. The maximum absolute atomic E-state index is 13.2. The molecule has 2 aliphatic rings. The number of amides is 1. The lowest BCUT2D eigenvalue weighted by atomic mass is 9.63. The minimum Gasteiger partial charge on any atom is -0.353 e. The lowest BCUT2D eigenvalue weighted by Gasteiger charge is -2.43. The summed E-state index contributed by atoms with van der Waals surface area (Å²) in [6, 6.07) is 12.0. The van der Waals surface area contributed by atoms with Crippen LogP contribution in [0.5, 0.6) is 0 Å². The monoisotopic (exact) mass is 367 g/mol. The number of nitrogens with zero attached hydrogens (tertiary/aromatic N) is 1. The molecule has 1 aromatic carbocycles. The second kappa shape index (κ2) is 8.01. The van der Waals surface area contributed by atoms with E-state index in [1.807, 2.05) is 37.3 Å². The van der Waals surface area contributed by atoms with Gasteiger partial charge in [0, 0.05) is 22.4 Å². The summed E-state index contributed by atoms with van der Waals surface area (Å²) in [5.74, 6) is 0.791. The third-order valence-electron chi connectivity index (χ3n) is 5.23. The van der Waals surface area contributed by atoms with Crippen LogP contribution in [0.1, 0.15) is 46.0 Å². The summed E-state index contributed by atoms with van der Waals surface area (Å²) in [6.45, 7) is 4.04. The molecular formula is C21H25N3OS. The van der Waals surface area contributed by atoms with E-state index in [0.29, 0.717) is 0 Å². The molecule has 0 bridgehead atoms. The Morgan fingerprint density at radius 3 is 2.58 bits per heavy atom. The Morgan fingerprint density at radius 2 is 1.96 bits per heavy atom. The van der Waals surface area contributed by atoms with E-state index in [-0.39, 0.29) is 5.91 Å². The zero-order valence-electron chi connectivity index (χ0n) is 15.4. The Hall–Kier alpha value is -2.19. The van der Waals surface area contributed by atoms with Gasteiger partial charge in [-0.2, -0.15) is 5.26 Å². The Kier molecular flexibility index (Phi) is 5.73. The van der Waals surface area contributed by atoms with E-state index < -0.39 is 5.41 Å². The highest BCUT2D eigenvalue weighted by atomic mass is 32.2. The number of para-hydroxylation sites is 1. The van der Waals surface area contributed by atoms with E-state index in [0.717, 1.165) is 65.4 Å². The van der Waals surface area contributed by atoms with Crippen LogP contribution in [0.2, 0.25) is 0 Å². The van der Waals surface area contributed by atoms with Crippen LogP contribution < -0.4 is 10.6 Å². The van der Waals surface area contributed by atoms with Crippen LogP contribution in [-0.2, 0) is 4.79 Å². The van der Waals surface area contributed by atoms with Crippen LogP contribution in [0.15, 0.2) is 52.2 Å². The van der Waals surface area contributed by atoms with Crippen LogP contribution >= 0.6 is 11.8 Å². The fourth-order valence-corrected chi connectivity index (χ4v) is 5.06. The summed E-state index contributed by atoms with van der Waals surface area (Å²) >= 11 is 1.65. The minimum absolute atomic E-state index is 0.101. The molecule has 1 spiro atoms. The van der Waals surface area contributed by atoms with Gasteiger partial charge in [0.05, 0.1) is 16.7 Å². The summed E-state index contributed by atoms with van der Waals surface area (Å²) < 4.78 is 0. The number of nitrogens with one attached hydrogen (secondary N) is 2. The summed E-state index contributed by atoms with van der Waals surface area (Å²) in [5.41, 5.74) is 2.67. The Morgan fingerprint density at radius 1 is 1.27 bits per heavy atom. The van der Waals surface area contributed by atoms with E-state index in [9.17, 15) is 10.1 Å². The van der Waals surface area contributed by atoms with Gasteiger partial charge in [0.25, 0.3) is 5.91 Å². The van der Waals surface area contributed by atoms with Crippen molar-refractivity contribution < 1.29 is 4.79 Å². The molecule has 0 unspecified atom stereocenters. The molecule has 0 aromatic heterocycles. The molecule has 1 saturated carbocycles. The van der Waals surface area contributed by atoms with Gasteiger partial charge in [-0.15, -0.1) is 11.8 Å². The van der Waals surface area contributed by atoms with Crippen molar-refractivity contribution in [1.29, 1.82) is 5.26 Å². The SMILES string of the molecule is CCSC1=C(C#N)C2(CCCCC2)C(C(=O)Nc2ccccc2)=C(C)N1. The third kappa shape index (κ3) is 3.39. The summed E-state index contributed by atoms with van der Waals surface area (Å²) in [5, 5.41) is 17.3. The first kappa shape index (κ1) is 18.6. The number of rotatable bonds is 4. The highest BCUT2D eigenvalue weighted by Gasteiger charge is 2.47. The highest BCUT2D eigenvalue weighted by molar-refractivity contribution is 8.03. The normalized spacial score (nSPS) is 19.1. The topological polar surface area (TPSA) is 64.9 Å². The van der Waals surface area contributed by atoms with Gasteiger partial charge >= 0.3 is 0 Å². The Labute approximate surface area is 159 Å². The molecule has 1 heterocycles. The van der Waals surface area contributed by atoms with Gasteiger partial charge in [0.2, 0.25) is 0 Å². The quantitative estimate of drug-likeness (QED) is 0.791. The number of hydrogen-bond acceptors (Lipinski definition) is 4. The van der Waals surface area contributed by atoms with Crippen molar-refractivity contribution in [3.05, 3.63) is 52.2 Å². The van der Waals surface area contributed by atoms with Crippen LogP contribution in [0.4, 0.5) is 5.69 Å². The standard InChI is InChI=1S/C21H25N3OS/c1-3-26-20-17(14-22)21(12-8-5-9-13-21)18(15(2)23-20)19(25)24-16-10-6-4-7-11-16/h4,6-7,10-11,23H,3,5,8-9,12-13H2,1-2H3,(H,24,25). The number of hydrogen-bond donors (Lipinski definition) is 2. The van der Waals surface area contributed by atoms with Gasteiger partial charge in [-0.1, -0.05) is 44.4 Å². The predicted octanol–water partition coefficient (Wildman–Crippen LogP) is 4.94. The molecule has 1 amide bonds. The van der Waals surface area contributed by atoms with Crippen molar-refractivity contribution in [3.8, 4) is 6.07 Å². The van der Waals surface area contributed by atoms with Gasteiger partial charge in [-0.05, 0) is 37.7 Å². The van der Waals surface area contributed by atoms with Gasteiger partial charge in [0.15, 0.2) is 0 Å². The maximum Gasteiger partial charge on any atom is 0.254 e. The first-order valence-electron chi connectivity index (χ1n) is 9.25. The lowest BCUT2D eigenvalue weighted by Crippen LogP contribution is -2.41. The smallest absolute Gasteiger partial charge is 0.254 e. The second-order valence-corrected chi connectivity index (χ2v) is 8.11. The van der Waals surface area contributed by atoms with E-state index in [1.54, 1.807) is 11.8 Å². The largest absolute Gasteiger partial charge is 0.353 e. The van der Waals surface area contributed by atoms with Crippen molar-refractivity contribution in [1.82, 2.24) is 5.32 Å². The van der Waals surface area contributed by atoms with E-state index >= 15 is 0 Å². The van der Waals surface area contributed by atoms with E-state index in [4.69, 9.17) is 0 Å². The van der Waals surface area contributed by atoms with E-state index in [1.165, 1.54) is 0 Å². The van der Waals surface area contributed by atoms with Crippen molar-refractivity contribution in [2.24, 2.45) is 5.41 Å². The first-order chi connectivity index (χ1) is 12.6. The molecule has 5 heteroatoms. The zero-order chi connectivity index (χ0) is 18.6. The Bertz CT molecular complexity index is 783. The van der Waals surface area contributed by atoms with E-state index in [2.05, 4.69) is 23.6 Å². The molecular weight excluding hydrogens is 342 g/mol. The van der Waals surface area contributed by atoms with Crippen molar-refractivity contribution in [2.75, 3.05) is 11.1 Å². The third-order valence-corrected chi connectivity index (χ3v) is 6.11. The molecule has 1 aromatic rings. The molecule has 4 nitrogen and oxygen atoms in total. The number of nitriles is 1. The molecule has 3 rings (SSSR count). The van der Waals surface area contributed by atoms with Gasteiger partial charge in [-0.3, -0.25) is 4.79 Å². The summed E-state index contributed by atoms with van der Waals surface area (Å²) in [7, 11) is 0. The number of anilines is 1. The fraction of sp³-hybridized carbons (Fsp3) is 0.429. The minimum atomic E-state index is -0.460. The summed E-state index contributed by atoms with van der Waals surface area (Å²) in [6.07, 6.45) is 4.98. The van der Waals surface area contributed by atoms with Crippen LogP contribution in [0.3, 0.4) is 0 Å². The zero-order valence-corrected chi connectivity index (χ0v) is 16.2. The fourth-order valence-electron chi connectivity index (χ4n) is 4.16. The van der Waals surface area contributed by atoms with Gasteiger partial charge in [-0.25, -0.2) is 0 Å². The number of dihydropyridines is 1. The molecule has 26 heavy (non-hydrogen) atoms.